The molecule has 130 valence electrons. The molecule has 1 N–H and O–H groups in total. The molecule has 0 saturated carbocycles. The number of nitrogens with zero attached hydrogens (tertiary/aromatic N) is 2. The Morgan fingerprint density at radius 2 is 1.87 bits per heavy atom. The lowest BCUT2D eigenvalue weighted by Crippen LogP contribution is -2.48. The Kier molecular flexibility index (Phi) is 6.34. The summed E-state index contributed by atoms with van der Waals surface area (Å²) in [6.07, 6.45) is 0. The molecule has 1 aliphatic heterocycles. The Bertz CT molecular complexity index is 616. The van der Waals surface area contributed by atoms with Crippen molar-refractivity contribution in [3.8, 4) is 5.75 Å². The molecule has 0 unspecified atom stereocenters. The van der Waals surface area contributed by atoms with Gasteiger partial charge in [0.1, 0.15) is 0 Å². The molecule has 1 fully saturated rings. The van der Waals surface area contributed by atoms with E-state index in [4.69, 9.17) is 4.74 Å². The van der Waals surface area contributed by atoms with Crippen LogP contribution in [-0.2, 0) is 10.0 Å². The van der Waals surface area contributed by atoms with Gasteiger partial charge in [-0.3, -0.25) is 4.90 Å². The largest absolute Gasteiger partial charge is 0.494 e. The number of likely N-dealkylation sites (N-methyl/N-ethyl adjacent to an activating group) is 1. The van der Waals surface area contributed by atoms with Crippen LogP contribution in [0.4, 0.5) is 4.39 Å². The average molecular weight is 345 g/mol. The van der Waals surface area contributed by atoms with Crippen LogP contribution in [0.25, 0.3) is 0 Å². The van der Waals surface area contributed by atoms with Gasteiger partial charge in [-0.25, -0.2) is 17.5 Å². The van der Waals surface area contributed by atoms with E-state index in [1.807, 2.05) is 0 Å². The van der Waals surface area contributed by atoms with Crippen LogP contribution >= 0.6 is 0 Å². The first-order chi connectivity index (χ1) is 11.0. The van der Waals surface area contributed by atoms with E-state index in [-0.39, 0.29) is 10.6 Å². The number of nitrogens with one attached hydrogen (secondary N) is 1. The number of hydrogen-bond donors (Lipinski definition) is 1. The Morgan fingerprint density at radius 1 is 1.22 bits per heavy atom. The number of benzene rings is 1. The molecule has 0 aliphatic carbocycles. The van der Waals surface area contributed by atoms with Crippen LogP contribution in [0, 0.1) is 5.82 Å². The maximum Gasteiger partial charge on any atom is 0.240 e. The van der Waals surface area contributed by atoms with E-state index in [0.717, 1.165) is 38.8 Å². The van der Waals surface area contributed by atoms with Gasteiger partial charge in [0.25, 0.3) is 0 Å². The van der Waals surface area contributed by atoms with Gasteiger partial charge in [-0.15, -0.1) is 0 Å². The summed E-state index contributed by atoms with van der Waals surface area (Å²) < 4.78 is 45.3. The maximum absolute atomic E-state index is 13.6. The molecule has 0 amide bonds. The lowest BCUT2D eigenvalue weighted by atomic mass is 10.3. The second-order valence-corrected chi connectivity index (χ2v) is 7.24. The third-order valence-corrected chi connectivity index (χ3v) is 5.52. The fraction of sp³-hybridized carbons (Fsp3) is 0.600. The molecule has 1 aromatic rings. The van der Waals surface area contributed by atoms with Gasteiger partial charge >= 0.3 is 0 Å². The first-order valence-corrected chi connectivity index (χ1v) is 9.22. The number of hydrogen-bond acceptors (Lipinski definition) is 5. The van der Waals surface area contributed by atoms with Crippen molar-refractivity contribution in [1.29, 1.82) is 0 Å². The Morgan fingerprint density at radius 3 is 2.43 bits per heavy atom. The van der Waals surface area contributed by atoms with Crippen molar-refractivity contribution >= 4 is 10.0 Å². The Balaban J connectivity index is 1.86. The molecule has 0 aromatic heterocycles. The summed E-state index contributed by atoms with van der Waals surface area (Å²) in [6.45, 7) is 8.03. The summed E-state index contributed by atoms with van der Waals surface area (Å²) in [4.78, 5) is 4.50. The summed E-state index contributed by atoms with van der Waals surface area (Å²) in [7, 11) is -2.37. The fourth-order valence-corrected chi connectivity index (χ4v) is 3.60. The number of halogens is 1. The van der Waals surface area contributed by atoms with Gasteiger partial charge in [0.05, 0.1) is 12.0 Å². The molecule has 1 aromatic carbocycles. The second kappa shape index (κ2) is 8.05. The highest BCUT2D eigenvalue weighted by molar-refractivity contribution is 7.89. The number of rotatable bonds is 7. The molecular formula is C15H24FN3O3S. The van der Waals surface area contributed by atoms with Crippen LogP contribution in [0.2, 0.25) is 0 Å². The molecule has 0 bridgehead atoms. The van der Waals surface area contributed by atoms with E-state index < -0.39 is 15.8 Å². The molecule has 0 radical (unpaired) electrons. The van der Waals surface area contributed by atoms with E-state index >= 15 is 0 Å². The van der Waals surface area contributed by atoms with Crippen molar-refractivity contribution in [3.05, 3.63) is 24.0 Å². The first kappa shape index (κ1) is 18.1. The third-order valence-electron chi connectivity index (χ3n) is 4.07. The van der Waals surface area contributed by atoms with Crippen molar-refractivity contribution < 1.29 is 17.5 Å². The van der Waals surface area contributed by atoms with Crippen LogP contribution < -0.4 is 9.46 Å². The second-order valence-electron chi connectivity index (χ2n) is 5.47. The minimum Gasteiger partial charge on any atom is -0.494 e. The smallest absolute Gasteiger partial charge is 0.240 e. The molecule has 0 spiro atoms. The van der Waals surface area contributed by atoms with Crippen molar-refractivity contribution in [2.45, 2.75) is 11.8 Å². The summed E-state index contributed by atoms with van der Waals surface area (Å²) in [5, 5.41) is 0. The predicted molar refractivity (Wildman–Crippen MR) is 86.7 cm³/mol. The van der Waals surface area contributed by atoms with E-state index in [0.29, 0.717) is 13.1 Å². The highest BCUT2D eigenvalue weighted by Crippen LogP contribution is 2.20. The molecule has 23 heavy (non-hydrogen) atoms. The summed E-state index contributed by atoms with van der Waals surface area (Å²) >= 11 is 0. The standard InChI is InChI=1S/C15H24FN3O3S/c1-3-18-8-10-19(11-9-18)7-6-17-23(20,21)13-4-5-15(22-2)14(16)12-13/h4-5,12,17H,3,6-11H2,1-2H3. The zero-order valence-corrected chi connectivity index (χ0v) is 14.4. The van der Waals surface area contributed by atoms with Crippen molar-refractivity contribution in [3.63, 3.8) is 0 Å². The molecule has 0 atom stereocenters. The van der Waals surface area contributed by atoms with Gasteiger partial charge in [-0.1, -0.05) is 6.92 Å². The Hall–Kier alpha value is -1.22. The third kappa shape index (κ3) is 4.87. The number of ether oxygens (including phenoxy) is 1. The monoisotopic (exact) mass is 345 g/mol. The predicted octanol–water partition coefficient (Wildman–Crippen LogP) is 0.750. The lowest BCUT2D eigenvalue weighted by molar-refractivity contribution is 0.139. The molecule has 1 saturated heterocycles. The summed E-state index contributed by atoms with van der Waals surface area (Å²) in [5.74, 6) is -0.663. The molecule has 8 heteroatoms. The Labute approximate surface area is 137 Å². The zero-order chi connectivity index (χ0) is 16.9. The van der Waals surface area contributed by atoms with Crippen molar-refractivity contribution in [1.82, 2.24) is 14.5 Å². The van der Waals surface area contributed by atoms with Gasteiger partial charge in [0.2, 0.25) is 10.0 Å². The fourth-order valence-electron chi connectivity index (χ4n) is 2.56. The molecular weight excluding hydrogens is 321 g/mol. The SMILES string of the molecule is CCN1CCN(CCNS(=O)(=O)c2ccc(OC)c(F)c2)CC1. The normalized spacial score (nSPS) is 17.3. The van der Waals surface area contributed by atoms with Crippen LogP contribution in [0.3, 0.4) is 0 Å². The first-order valence-electron chi connectivity index (χ1n) is 7.74. The van der Waals surface area contributed by atoms with Gasteiger partial charge in [-0.2, -0.15) is 0 Å². The van der Waals surface area contributed by atoms with Crippen LogP contribution in [-0.4, -0.2) is 71.1 Å². The van der Waals surface area contributed by atoms with Gasteiger partial charge in [0.15, 0.2) is 11.6 Å². The van der Waals surface area contributed by atoms with Crippen molar-refractivity contribution in [2.75, 3.05) is 52.9 Å². The van der Waals surface area contributed by atoms with Gasteiger partial charge < -0.3 is 9.64 Å². The van der Waals surface area contributed by atoms with Gasteiger partial charge in [0, 0.05) is 39.3 Å². The van der Waals surface area contributed by atoms with Gasteiger partial charge in [-0.05, 0) is 24.7 Å². The quantitative estimate of drug-likeness (QED) is 0.790. The lowest BCUT2D eigenvalue weighted by Gasteiger charge is -2.33. The van der Waals surface area contributed by atoms with Crippen molar-refractivity contribution in [2.24, 2.45) is 0 Å². The molecule has 1 aliphatic rings. The average Bonchev–Trinajstić information content (AvgIpc) is 2.55. The van der Waals surface area contributed by atoms with Crippen LogP contribution in [0.15, 0.2) is 23.1 Å². The summed E-state index contributed by atoms with van der Waals surface area (Å²) in [6, 6.07) is 3.62. The topological polar surface area (TPSA) is 61.9 Å². The minimum absolute atomic E-state index is 0.0257. The number of methoxy groups -OCH3 is 1. The summed E-state index contributed by atoms with van der Waals surface area (Å²) in [5.41, 5.74) is 0. The van der Waals surface area contributed by atoms with Crippen LogP contribution in [0.1, 0.15) is 6.92 Å². The van der Waals surface area contributed by atoms with E-state index in [1.54, 1.807) is 0 Å². The minimum atomic E-state index is -3.71. The van der Waals surface area contributed by atoms with E-state index in [9.17, 15) is 12.8 Å². The molecule has 2 rings (SSSR count). The highest BCUT2D eigenvalue weighted by Gasteiger charge is 2.18. The number of piperazine rings is 1. The van der Waals surface area contributed by atoms with Crippen LogP contribution in [0.5, 0.6) is 5.75 Å². The van der Waals surface area contributed by atoms with E-state index in [2.05, 4.69) is 21.4 Å². The molecule has 6 nitrogen and oxygen atoms in total. The van der Waals surface area contributed by atoms with E-state index in [1.165, 1.54) is 19.2 Å². The maximum atomic E-state index is 13.6. The highest BCUT2D eigenvalue weighted by atomic mass is 32.2. The zero-order valence-electron chi connectivity index (χ0n) is 13.6. The number of sulfonamides is 1. The molecule has 1 heterocycles.